The summed E-state index contributed by atoms with van der Waals surface area (Å²) in [6.07, 6.45) is 2.00. The van der Waals surface area contributed by atoms with Crippen molar-refractivity contribution >= 4 is 17.8 Å². The molecule has 0 radical (unpaired) electrons. The molecule has 1 heterocycles. The largest absolute Gasteiger partial charge is 0.481 e. The second-order valence-electron chi connectivity index (χ2n) is 6.81. The summed E-state index contributed by atoms with van der Waals surface area (Å²) in [5, 5.41) is 9.13. The van der Waals surface area contributed by atoms with Gasteiger partial charge in [0.15, 0.2) is 0 Å². The van der Waals surface area contributed by atoms with Crippen molar-refractivity contribution in [1.29, 1.82) is 0 Å². The number of amides is 2. The Balaban J connectivity index is 1.76. The van der Waals surface area contributed by atoms with Crippen LogP contribution in [0, 0.1) is 17.6 Å². The number of hydrogen-bond acceptors (Lipinski definition) is 3. The predicted octanol–water partition coefficient (Wildman–Crippen LogP) is 1.78. The van der Waals surface area contributed by atoms with E-state index >= 15 is 0 Å². The molecule has 1 atom stereocenters. The summed E-state index contributed by atoms with van der Waals surface area (Å²) < 4.78 is 26.7. The minimum atomic E-state index is -1.17. The van der Waals surface area contributed by atoms with E-state index in [0.717, 1.165) is 37.5 Å². The number of carbonyl (C=O) groups excluding carboxylic acids is 2. The lowest BCUT2D eigenvalue weighted by Crippen LogP contribution is -2.60. The molecule has 3 rings (SSSR count). The molecule has 1 saturated carbocycles. The Labute approximate surface area is 149 Å². The number of nitrogens with zero attached hydrogens (tertiary/aromatic N) is 2. The second-order valence-corrected chi connectivity index (χ2v) is 6.81. The first-order chi connectivity index (χ1) is 12.3. The minimum Gasteiger partial charge on any atom is -0.481 e. The van der Waals surface area contributed by atoms with Crippen molar-refractivity contribution in [1.82, 2.24) is 9.80 Å². The summed E-state index contributed by atoms with van der Waals surface area (Å²) in [6.45, 7) is 0.386. The van der Waals surface area contributed by atoms with Crippen molar-refractivity contribution in [2.75, 3.05) is 13.1 Å². The van der Waals surface area contributed by atoms with Gasteiger partial charge in [-0.1, -0.05) is 6.42 Å². The molecule has 1 aromatic rings. The zero-order valence-electron chi connectivity index (χ0n) is 14.2. The predicted molar refractivity (Wildman–Crippen MR) is 86.9 cm³/mol. The molecule has 0 aromatic heterocycles. The number of hydrogen-bond donors (Lipinski definition) is 1. The van der Waals surface area contributed by atoms with Crippen LogP contribution >= 0.6 is 0 Å². The quantitative estimate of drug-likeness (QED) is 0.862. The van der Waals surface area contributed by atoms with Crippen LogP contribution in [-0.4, -0.2) is 51.8 Å². The van der Waals surface area contributed by atoms with Gasteiger partial charge in [-0.3, -0.25) is 14.4 Å². The summed E-state index contributed by atoms with van der Waals surface area (Å²) in [7, 11) is 0. The summed E-state index contributed by atoms with van der Waals surface area (Å²) in [5.74, 6) is -3.47. The van der Waals surface area contributed by atoms with E-state index in [9.17, 15) is 23.2 Å². The summed E-state index contributed by atoms with van der Waals surface area (Å²) >= 11 is 0. The molecule has 140 valence electrons. The fourth-order valence-corrected chi connectivity index (χ4v) is 3.43. The molecular formula is C18H20F2N2O4. The average Bonchev–Trinajstić information content (AvgIpc) is 2.48. The Morgan fingerprint density at radius 1 is 1.12 bits per heavy atom. The van der Waals surface area contributed by atoms with Crippen molar-refractivity contribution in [3.63, 3.8) is 0 Å². The number of carboxylic acids is 1. The summed E-state index contributed by atoms with van der Waals surface area (Å²) in [4.78, 5) is 39.2. The molecule has 26 heavy (non-hydrogen) atoms. The van der Waals surface area contributed by atoms with E-state index < -0.39 is 36.0 Å². The third-order valence-corrected chi connectivity index (χ3v) is 4.99. The van der Waals surface area contributed by atoms with Crippen molar-refractivity contribution < 1.29 is 28.3 Å². The Morgan fingerprint density at radius 2 is 1.77 bits per heavy atom. The zero-order valence-corrected chi connectivity index (χ0v) is 14.2. The molecule has 0 bridgehead atoms. The molecule has 6 nitrogen and oxygen atoms in total. The van der Waals surface area contributed by atoms with Crippen LogP contribution in [0.25, 0.3) is 0 Å². The van der Waals surface area contributed by atoms with Crippen LogP contribution in [0.1, 0.15) is 31.2 Å². The number of carboxylic acid groups (broad SMARTS) is 1. The maximum Gasteiger partial charge on any atom is 0.305 e. The van der Waals surface area contributed by atoms with Gasteiger partial charge >= 0.3 is 5.97 Å². The zero-order chi connectivity index (χ0) is 18.8. The van der Waals surface area contributed by atoms with E-state index in [2.05, 4.69) is 0 Å². The highest BCUT2D eigenvalue weighted by atomic mass is 19.1. The first kappa shape index (κ1) is 18.3. The molecule has 0 spiro atoms. The Hall–Kier alpha value is -2.51. The lowest BCUT2D eigenvalue weighted by atomic mass is 9.83. The topological polar surface area (TPSA) is 77.9 Å². The molecule has 2 aliphatic rings. The summed E-state index contributed by atoms with van der Waals surface area (Å²) in [5.41, 5.74) is 0.281. The molecule has 1 unspecified atom stereocenters. The normalized spacial score (nSPS) is 20.8. The molecule has 2 amide bonds. The van der Waals surface area contributed by atoms with Gasteiger partial charge in [-0.15, -0.1) is 0 Å². The van der Waals surface area contributed by atoms with E-state index in [-0.39, 0.29) is 37.0 Å². The molecule has 1 aromatic carbocycles. The molecule has 1 saturated heterocycles. The molecule has 1 aliphatic carbocycles. The van der Waals surface area contributed by atoms with E-state index in [4.69, 9.17) is 5.11 Å². The highest BCUT2D eigenvalue weighted by Crippen LogP contribution is 2.30. The fourth-order valence-electron chi connectivity index (χ4n) is 3.43. The van der Waals surface area contributed by atoms with Crippen LogP contribution < -0.4 is 0 Å². The summed E-state index contributed by atoms with van der Waals surface area (Å²) in [6, 6.07) is 1.93. The maximum absolute atomic E-state index is 13.4. The average molecular weight is 366 g/mol. The van der Waals surface area contributed by atoms with Gasteiger partial charge in [0.25, 0.3) is 0 Å². The highest BCUT2D eigenvalue weighted by molar-refractivity contribution is 5.92. The molecule has 8 heteroatoms. The van der Waals surface area contributed by atoms with Crippen molar-refractivity contribution in [3.8, 4) is 0 Å². The van der Waals surface area contributed by atoms with Gasteiger partial charge in [0.05, 0.1) is 6.42 Å². The maximum atomic E-state index is 13.4. The number of rotatable bonds is 5. The Morgan fingerprint density at radius 3 is 2.31 bits per heavy atom. The van der Waals surface area contributed by atoms with Crippen LogP contribution in [0.4, 0.5) is 8.78 Å². The lowest BCUT2D eigenvalue weighted by molar-refractivity contribution is -0.158. The van der Waals surface area contributed by atoms with Gasteiger partial charge in [-0.2, -0.15) is 0 Å². The number of piperazine rings is 1. The third-order valence-electron chi connectivity index (χ3n) is 4.99. The SMILES string of the molecule is O=C(O)CC1C(=O)N(Cc2cc(F)cc(F)c2)CCN1C(=O)C1CCC1. The number of halogens is 2. The number of aliphatic carboxylic acids is 1. The molecule has 1 aliphatic heterocycles. The van der Waals surface area contributed by atoms with Crippen LogP contribution in [-0.2, 0) is 20.9 Å². The Kier molecular flexibility index (Phi) is 5.20. The fraction of sp³-hybridized carbons (Fsp3) is 0.500. The van der Waals surface area contributed by atoms with Gasteiger partial charge in [-0.05, 0) is 30.5 Å². The molecular weight excluding hydrogens is 346 g/mol. The van der Waals surface area contributed by atoms with E-state index in [0.29, 0.717) is 0 Å². The molecule has 1 N–H and O–H groups in total. The van der Waals surface area contributed by atoms with Gasteiger partial charge < -0.3 is 14.9 Å². The lowest BCUT2D eigenvalue weighted by Gasteiger charge is -2.42. The van der Waals surface area contributed by atoms with Crippen LogP contribution in [0.2, 0.25) is 0 Å². The first-order valence-corrected chi connectivity index (χ1v) is 8.61. The standard InChI is InChI=1S/C18H20F2N2O4/c19-13-6-11(7-14(20)8-13)10-21-4-5-22(17(25)12-2-1-3-12)15(18(21)26)9-16(23)24/h6-8,12,15H,1-5,9-10H2,(H,23,24). The van der Waals surface area contributed by atoms with E-state index in [1.54, 1.807) is 0 Å². The third kappa shape index (κ3) is 3.84. The van der Waals surface area contributed by atoms with Gasteiger partial charge in [0.2, 0.25) is 11.8 Å². The van der Waals surface area contributed by atoms with Crippen LogP contribution in [0.3, 0.4) is 0 Å². The monoisotopic (exact) mass is 366 g/mol. The van der Waals surface area contributed by atoms with E-state index in [1.165, 1.54) is 9.80 Å². The Bertz CT molecular complexity index is 716. The molecule has 2 fully saturated rings. The van der Waals surface area contributed by atoms with Gasteiger partial charge in [0.1, 0.15) is 17.7 Å². The van der Waals surface area contributed by atoms with Crippen molar-refractivity contribution in [3.05, 3.63) is 35.4 Å². The smallest absolute Gasteiger partial charge is 0.305 e. The second kappa shape index (κ2) is 7.39. The van der Waals surface area contributed by atoms with Crippen LogP contribution in [0.5, 0.6) is 0 Å². The van der Waals surface area contributed by atoms with Gasteiger partial charge in [0, 0.05) is 31.6 Å². The number of benzene rings is 1. The minimum absolute atomic E-state index is 0.0326. The van der Waals surface area contributed by atoms with Crippen molar-refractivity contribution in [2.24, 2.45) is 5.92 Å². The van der Waals surface area contributed by atoms with Gasteiger partial charge in [-0.25, -0.2) is 8.78 Å². The van der Waals surface area contributed by atoms with E-state index in [1.807, 2.05) is 0 Å². The highest BCUT2D eigenvalue weighted by Gasteiger charge is 2.41. The van der Waals surface area contributed by atoms with Crippen LogP contribution in [0.15, 0.2) is 18.2 Å². The first-order valence-electron chi connectivity index (χ1n) is 8.61. The van der Waals surface area contributed by atoms with Crippen molar-refractivity contribution in [2.45, 2.75) is 38.3 Å². The number of carbonyl (C=O) groups is 3.